The summed E-state index contributed by atoms with van der Waals surface area (Å²) >= 11 is 0. The van der Waals surface area contributed by atoms with E-state index in [1.807, 2.05) is 24.3 Å². The Morgan fingerprint density at radius 1 is 0.746 bits per heavy atom. The summed E-state index contributed by atoms with van der Waals surface area (Å²) in [5.41, 5.74) is 2.15. The van der Waals surface area contributed by atoms with E-state index < -0.39 is 71.6 Å². The molecule has 1 aliphatic heterocycles. The van der Waals surface area contributed by atoms with Crippen molar-refractivity contribution in [1.29, 1.82) is 0 Å². The van der Waals surface area contributed by atoms with Crippen LogP contribution in [0.1, 0.15) is 140 Å². The van der Waals surface area contributed by atoms with E-state index in [-0.39, 0.29) is 55.2 Å². The van der Waals surface area contributed by atoms with Gasteiger partial charge in [0, 0.05) is 12.8 Å². The summed E-state index contributed by atoms with van der Waals surface area (Å²) in [6.07, 6.45) is 9.19. The molecule has 0 spiro atoms. The van der Waals surface area contributed by atoms with Crippen LogP contribution in [-0.2, 0) is 56.0 Å². The Bertz CT molecular complexity index is 1550. The average molecular weight is 856 g/mol. The molecule has 13 nitrogen and oxygen atoms in total. The summed E-state index contributed by atoms with van der Waals surface area (Å²) in [5.74, 6) is -1.95. The van der Waals surface area contributed by atoms with Crippen LogP contribution in [0.15, 0.2) is 60.7 Å². The molecule has 0 aliphatic carbocycles. The number of hydrogen-bond donors (Lipinski definition) is 3. The minimum absolute atomic E-state index is 0. The van der Waals surface area contributed by atoms with Gasteiger partial charge < -0.3 is 34.3 Å². The molecular weight excluding hydrogens is 790 g/mol. The zero-order chi connectivity index (χ0) is 42.0. The fraction of sp³-hybridized carbons (Fsp3) is 0.659. The molecule has 0 aromatic heterocycles. The first-order chi connectivity index (χ1) is 28.0. The van der Waals surface area contributed by atoms with Crippen LogP contribution in [0.4, 0.5) is 0 Å². The van der Waals surface area contributed by atoms with Gasteiger partial charge >= 0.3 is 41.5 Å². The summed E-state index contributed by atoms with van der Waals surface area (Å²) in [6, 6.07) is 17.8. The fourth-order valence-electron chi connectivity index (χ4n) is 7.25. The molecule has 1 aliphatic rings. The van der Waals surface area contributed by atoms with Gasteiger partial charge in [0.1, 0.15) is 24.4 Å². The van der Waals surface area contributed by atoms with Crippen molar-refractivity contribution in [3.05, 3.63) is 71.8 Å². The molecule has 2 aromatic rings. The number of carbonyl (C=O) groups excluding carboxylic acids is 3. The molecule has 326 valence electrons. The van der Waals surface area contributed by atoms with Gasteiger partial charge in [0.15, 0.2) is 12.4 Å². The van der Waals surface area contributed by atoms with Gasteiger partial charge in [0.25, 0.3) is 0 Å². The van der Waals surface area contributed by atoms with Gasteiger partial charge in [-0.25, -0.2) is 8.42 Å². The Balaban J connectivity index is 0.0000120. The third-order valence-corrected chi connectivity index (χ3v) is 10.9. The van der Waals surface area contributed by atoms with E-state index >= 15 is 0 Å². The molecule has 3 rings (SSSR count). The van der Waals surface area contributed by atoms with Crippen LogP contribution in [0.25, 0.3) is 0 Å². The van der Waals surface area contributed by atoms with Gasteiger partial charge in [-0.2, -0.15) is 0 Å². The maximum atomic E-state index is 13.6. The summed E-state index contributed by atoms with van der Waals surface area (Å²) < 4.78 is 56.6. The molecule has 1 fully saturated rings. The predicted molar refractivity (Wildman–Crippen MR) is 218 cm³/mol. The van der Waals surface area contributed by atoms with Crippen molar-refractivity contribution in [3.8, 4) is 0 Å². The summed E-state index contributed by atoms with van der Waals surface area (Å²) in [5, 5.41) is 23.4. The molecule has 6 atom stereocenters. The van der Waals surface area contributed by atoms with Gasteiger partial charge in [-0.15, -0.1) is 0 Å². The van der Waals surface area contributed by atoms with E-state index in [0.29, 0.717) is 12.8 Å². The van der Waals surface area contributed by atoms with Crippen molar-refractivity contribution in [2.45, 2.75) is 179 Å². The van der Waals surface area contributed by atoms with Gasteiger partial charge in [-0.05, 0) is 49.7 Å². The summed E-state index contributed by atoms with van der Waals surface area (Å²) in [4.78, 5) is 39.7. The van der Waals surface area contributed by atoms with Crippen molar-refractivity contribution >= 4 is 28.2 Å². The van der Waals surface area contributed by atoms with E-state index in [2.05, 4.69) is 28.6 Å². The van der Waals surface area contributed by atoms with Crippen molar-refractivity contribution in [1.82, 2.24) is 5.32 Å². The van der Waals surface area contributed by atoms with Crippen LogP contribution >= 0.6 is 0 Å². The van der Waals surface area contributed by atoms with E-state index in [1.54, 1.807) is 24.3 Å². The topological polar surface area (TPSA) is 198 Å². The van der Waals surface area contributed by atoms with E-state index in [1.165, 1.54) is 31.2 Å². The van der Waals surface area contributed by atoms with Crippen molar-refractivity contribution < 1.29 is 85.5 Å². The molecule has 2 aromatic carbocycles. The third-order valence-electron chi connectivity index (χ3n) is 10.4. The number of aliphatic hydroxyl groups is 2. The van der Waals surface area contributed by atoms with Crippen LogP contribution < -0.4 is 34.9 Å². The number of hydrogen-bond acceptors (Lipinski definition) is 12. The second kappa shape index (κ2) is 30.6. The molecule has 0 radical (unpaired) electrons. The number of carbonyl (C=O) groups is 3. The third kappa shape index (κ3) is 22.9. The van der Waals surface area contributed by atoms with Crippen molar-refractivity contribution in [2.75, 3.05) is 6.61 Å². The molecule has 1 heterocycles. The number of nitrogens with one attached hydrogen (secondary N) is 1. The maximum Gasteiger partial charge on any atom is 1.00 e. The van der Waals surface area contributed by atoms with Gasteiger partial charge in [-0.1, -0.05) is 145 Å². The van der Waals surface area contributed by atoms with E-state index in [9.17, 15) is 37.6 Å². The smallest absolute Gasteiger partial charge is 0.726 e. The van der Waals surface area contributed by atoms with E-state index in [4.69, 9.17) is 14.2 Å². The standard InChI is InChI=1S/C44H67NO12S.Na/c1-2-3-4-5-6-7-8-12-21-28-36(54-39(48)29-22-13-10-9-11-16-23-34-24-17-14-18-25-34)32-38(47)45-41-43(56-40(49)31-30-35-26-19-15-20-27-35)42(57-58(51,52)53)37(33-46)55-44(41)50;/h14-15,17-20,24-27,36-37,41-44,46,50H,2-13,16,21-23,28-33H2,1H3,(H,45,47)(H,51,52,53);/q;+1/p-1/t36-,37+,41+,42+,43+,44?;/m0./s1. The summed E-state index contributed by atoms with van der Waals surface area (Å²) in [7, 11) is -5.43. The average Bonchev–Trinajstić information content (AvgIpc) is 3.20. The zero-order valence-corrected chi connectivity index (χ0v) is 38.0. The summed E-state index contributed by atoms with van der Waals surface area (Å²) in [6.45, 7) is 1.28. The molecule has 0 saturated carbocycles. The van der Waals surface area contributed by atoms with Crippen LogP contribution in [0.2, 0.25) is 0 Å². The number of amides is 1. The van der Waals surface area contributed by atoms with Crippen LogP contribution in [-0.4, -0.2) is 84.4 Å². The molecule has 1 saturated heterocycles. The van der Waals surface area contributed by atoms with E-state index in [0.717, 1.165) is 76.2 Å². The first-order valence-corrected chi connectivity index (χ1v) is 22.7. The molecule has 1 unspecified atom stereocenters. The Hall–Kier alpha value is -2.40. The predicted octanol–water partition coefficient (Wildman–Crippen LogP) is 3.77. The second-order valence-corrected chi connectivity index (χ2v) is 16.3. The quantitative estimate of drug-likeness (QED) is 0.0339. The second-order valence-electron chi connectivity index (χ2n) is 15.3. The maximum absolute atomic E-state index is 13.6. The Morgan fingerprint density at radius 3 is 1.86 bits per heavy atom. The molecule has 3 N–H and O–H groups in total. The number of rotatable bonds is 30. The van der Waals surface area contributed by atoms with Crippen molar-refractivity contribution in [2.24, 2.45) is 0 Å². The van der Waals surface area contributed by atoms with Gasteiger partial charge in [-0.3, -0.25) is 18.6 Å². The molecule has 59 heavy (non-hydrogen) atoms. The number of benzene rings is 2. The number of aliphatic hydroxyl groups excluding tert-OH is 2. The SMILES string of the molecule is CCCCCCCCCCC[C@@H](CC(=O)N[C@H]1C(O)O[C@H](CO)[C@@H](OS(=O)(=O)[O-])[C@@H]1OC(=O)CCc1ccccc1)OC(=O)CCCCCCCCc1ccccc1.[Na+]. The molecule has 0 bridgehead atoms. The first-order valence-electron chi connectivity index (χ1n) is 21.3. The van der Waals surface area contributed by atoms with Gasteiger partial charge in [0.2, 0.25) is 16.3 Å². The largest absolute Gasteiger partial charge is 1.00 e. The minimum atomic E-state index is -5.43. The zero-order valence-electron chi connectivity index (χ0n) is 35.2. The number of unbranched alkanes of at least 4 members (excludes halogenated alkanes) is 13. The number of aryl methyl sites for hydroxylation is 2. The molecular formula is C44H66NNaO12S. The molecule has 15 heteroatoms. The first kappa shape index (κ1) is 52.7. The fourth-order valence-corrected chi connectivity index (χ4v) is 7.75. The Kier molecular flexibility index (Phi) is 27.4. The molecule has 1 amide bonds. The van der Waals surface area contributed by atoms with Crippen LogP contribution in [0.3, 0.4) is 0 Å². The van der Waals surface area contributed by atoms with Crippen molar-refractivity contribution in [3.63, 3.8) is 0 Å². The van der Waals surface area contributed by atoms with Crippen LogP contribution in [0, 0.1) is 0 Å². The monoisotopic (exact) mass is 855 g/mol. The Labute approximate surface area is 373 Å². The minimum Gasteiger partial charge on any atom is -0.726 e. The number of esters is 2. The normalized spacial score (nSPS) is 19.6. The van der Waals surface area contributed by atoms with Crippen LogP contribution in [0.5, 0.6) is 0 Å². The number of ether oxygens (including phenoxy) is 3. The Morgan fingerprint density at radius 2 is 1.29 bits per heavy atom. The van der Waals surface area contributed by atoms with Gasteiger partial charge in [0.05, 0.1) is 13.0 Å².